The van der Waals surface area contributed by atoms with Gasteiger partial charge in [0.1, 0.15) is 0 Å². The second-order valence-corrected chi connectivity index (χ2v) is 5.22. The molecule has 1 atom stereocenters. The Morgan fingerprint density at radius 2 is 1.95 bits per heavy atom. The Morgan fingerprint density at radius 1 is 1.11 bits per heavy atom. The lowest BCUT2D eigenvalue weighted by Crippen LogP contribution is -2.29. The van der Waals surface area contributed by atoms with Crippen LogP contribution in [0.5, 0.6) is 0 Å². The van der Waals surface area contributed by atoms with Crippen molar-refractivity contribution in [3.63, 3.8) is 0 Å². The van der Waals surface area contributed by atoms with Crippen LogP contribution in [0.1, 0.15) is 30.7 Å². The van der Waals surface area contributed by atoms with Crippen LogP contribution in [-0.2, 0) is 4.74 Å². The molecule has 19 heavy (non-hydrogen) atoms. The summed E-state index contributed by atoms with van der Waals surface area (Å²) in [5, 5.41) is 8.67. The number of rotatable bonds is 6. The molecular weight excluding hydrogens is 238 g/mol. The first-order chi connectivity index (χ1) is 9.40. The van der Waals surface area contributed by atoms with Crippen molar-refractivity contribution in [2.75, 3.05) is 39.5 Å². The van der Waals surface area contributed by atoms with Crippen molar-refractivity contribution in [2.24, 2.45) is 0 Å². The van der Waals surface area contributed by atoms with Gasteiger partial charge in [-0.3, -0.25) is 0 Å². The Hall–Kier alpha value is -0.900. The van der Waals surface area contributed by atoms with Gasteiger partial charge >= 0.3 is 0 Å². The Labute approximate surface area is 116 Å². The third kappa shape index (κ3) is 4.94. The van der Waals surface area contributed by atoms with Crippen molar-refractivity contribution in [3.8, 4) is 0 Å². The van der Waals surface area contributed by atoms with Gasteiger partial charge in [-0.15, -0.1) is 0 Å². The maximum absolute atomic E-state index is 8.67. The van der Waals surface area contributed by atoms with E-state index in [0.717, 1.165) is 19.7 Å². The average Bonchev–Trinajstić information content (AvgIpc) is 2.70. The zero-order valence-electron chi connectivity index (χ0n) is 11.6. The Kier molecular flexibility index (Phi) is 6.34. The summed E-state index contributed by atoms with van der Waals surface area (Å²) >= 11 is 0. The summed E-state index contributed by atoms with van der Waals surface area (Å²) < 4.78 is 5.35. The van der Waals surface area contributed by atoms with Crippen molar-refractivity contribution >= 4 is 0 Å². The lowest BCUT2D eigenvalue weighted by atomic mass is 9.92. The number of benzene rings is 1. The predicted molar refractivity (Wildman–Crippen MR) is 77.4 cm³/mol. The van der Waals surface area contributed by atoms with E-state index < -0.39 is 0 Å². The third-order valence-corrected chi connectivity index (χ3v) is 3.88. The minimum Gasteiger partial charge on any atom is -0.394 e. The quantitative estimate of drug-likeness (QED) is 0.799. The molecule has 0 aromatic heterocycles. The molecule has 0 bridgehead atoms. The fourth-order valence-electron chi connectivity index (χ4n) is 2.80. The highest BCUT2D eigenvalue weighted by Crippen LogP contribution is 2.27. The van der Waals surface area contributed by atoms with Crippen LogP contribution in [0.3, 0.4) is 0 Å². The number of aliphatic hydroxyl groups excluding tert-OH is 1. The van der Waals surface area contributed by atoms with Gasteiger partial charge in [0.2, 0.25) is 0 Å². The summed E-state index contributed by atoms with van der Waals surface area (Å²) in [7, 11) is 0. The number of likely N-dealkylation sites (tertiary alicyclic amines) is 1. The van der Waals surface area contributed by atoms with E-state index in [2.05, 4.69) is 35.2 Å². The number of aliphatic hydroxyl groups is 1. The maximum atomic E-state index is 8.67. The van der Waals surface area contributed by atoms with Crippen LogP contribution >= 0.6 is 0 Å². The lowest BCUT2D eigenvalue weighted by Gasteiger charge is -2.20. The lowest BCUT2D eigenvalue weighted by molar-refractivity contribution is 0.0743. The van der Waals surface area contributed by atoms with E-state index in [1.807, 2.05) is 0 Å². The Balaban J connectivity index is 1.75. The molecule has 1 heterocycles. The number of nitrogens with zero attached hydrogens (tertiary/aromatic N) is 1. The fourth-order valence-corrected chi connectivity index (χ4v) is 2.80. The predicted octanol–water partition coefficient (Wildman–Crippen LogP) is 2.27. The second kappa shape index (κ2) is 8.31. The average molecular weight is 263 g/mol. The highest BCUT2D eigenvalue weighted by molar-refractivity contribution is 5.19. The van der Waals surface area contributed by atoms with Crippen molar-refractivity contribution < 1.29 is 9.84 Å². The largest absolute Gasteiger partial charge is 0.394 e. The Morgan fingerprint density at radius 3 is 2.74 bits per heavy atom. The Bertz CT molecular complexity index is 342. The molecule has 0 saturated carbocycles. The van der Waals surface area contributed by atoms with E-state index in [1.54, 1.807) is 0 Å². The normalized spacial score (nSPS) is 21.2. The minimum atomic E-state index is 0.121. The summed E-state index contributed by atoms with van der Waals surface area (Å²) in [5.41, 5.74) is 1.49. The van der Waals surface area contributed by atoms with E-state index in [-0.39, 0.29) is 6.61 Å². The molecule has 1 fully saturated rings. The van der Waals surface area contributed by atoms with Crippen LogP contribution < -0.4 is 0 Å². The summed E-state index contributed by atoms with van der Waals surface area (Å²) in [6.45, 7) is 4.63. The van der Waals surface area contributed by atoms with E-state index in [1.165, 1.54) is 31.4 Å². The highest BCUT2D eigenvalue weighted by atomic mass is 16.5. The van der Waals surface area contributed by atoms with Crippen LogP contribution in [0.25, 0.3) is 0 Å². The summed E-state index contributed by atoms with van der Waals surface area (Å²) in [6.07, 6.45) is 3.79. The maximum Gasteiger partial charge on any atom is 0.0698 e. The molecule has 0 spiro atoms. The molecule has 0 aliphatic carbocycles. The van der Waals surface area contributed by atoms with Gasteiger partial charge < -0.3 is 14.7 Å². The number of hydrogen-bond donors (Lipinski definition) is 1. The molecule has 3 nitrogen and oxygen atoms in total. The first kappa shape index (κ1) is 14.5. The number of ether oxygens (including phenoxy) is 1. The molecule has 1 aliphatic heterocycles. The molecule has 106 valence electrons. The molecule has 1 aromatic carbocycles. The first-order valence-corrected chi connectivity index (χ1v) is 7.36. The van der Waals surface area contributed by atoms with E-state index in [0.29, 0.717) is 12.5 Å². The molecule has 0 amide bonds. The molecule has 1 unspecified atom stereocenters. The number of hydrogen-bond acceptors (Lipinski definition) is 3. The monoisotopic (exact) mass is 263 g/mol. The SMILES string of the molecule is OCCOCCN1CCCC(c2ccccc2)CC1. The van der Waals surface area contributed by atoms with Crippen molar-refractivity contribution in [2.45, 2.75) is 25.2 Å². The molecule has 1 aromatic rings. The van der Waals surface area contributed by atoms with Crippen LogP contribution in [0.4, 0.5) is 0 Å². The zero-order valence-corrected chi connectivity index (χ0v) is 11.6. The first-order valence-electron chi connectivity index (χ1n) is 7.36. The third-order valence-electron chi connectivity index (χ3n) is 3.88. The van der Waals surface area contributed by atoms with Gasteiger partial charge in [0.25, 0.3) is 0 Å². The minimum absolute atomic E-state index is 0.121. The molecule has 1 saturated heterocycles. The van der Waals surface area contributed by atoms with Crippen molar-refractivity contribution in [1.82, 2.24) is 4.90 Å². The van der Waals surface area contributed by atoms with Crippen LogP contribution in [0.2, 0.25) is 0 Å². The van der Waals surface area contributed by atoms with Gasteiger partial charge in [0, 0.05) is 6.54 Å². The van der Waals surface area contributed by atoms with Gasteiger partial charge in [-0.05, 0) is 43.8 Å². The zero-order chi connectivity index (χ0) is 13.3. The molecular formula is C16H25NO2. The van der Waals surface area contributed by atoms with E-state index in [4.69, 9.17) is 9.84 Å². The summed E-state index contributed by atoms with van der Waals surface area (Å²) in [5.74, 6) is 0.713. The van der Waals surface area contributed by atoms with Crippen molar-refractivity contribution in [3.05, 3.63) is 35.9 Å². The van der Waals surface area contributed by atoms with Gasteiger partial charge in [0.15, 0.2) is 0 Å². The summed E-state index contributed by atoms with van der Waals surface area (Å²) in [6, 6.07) is 10.9. The molecule has 1 aliphatic rings. The van der Waals surface area contributed by atoms with Crippen LogP contribution in [-0.4, -0.2) is 49.5 Å². The molecule has 3 heteroatoms. The fraction of sp³-hybridized carbons (Fsp3) is 0.625. The van der Waals surface area contributed by atoms with E-state index in [9.17, 15) is 0 Å². The van der Waals surface area contributed by atoms with Gasteiger partial charge in [-0.25, -0.2) is 0 Å². The summed E-state index contributed by atoms with van der Waals surface area (Å²) in [4.78, 5) is 2.49. The van der Waals surface area contributed by atoms with Crippen molar-refractivity contribution in [1.29, 1.82) is 0 Å². The topological polar surface area (TPSA) is 32.7 Å². The second-order valence-electron chi connectivity index (χ2n) is 5.22. The van der Waals surface area contributed by atoms with Gasteiger partial charge in [-0.2, -0.15) is 0 Å². The van der Waals surface area contributed by atoms with Crippen LogP contribution in [0.15, 0.2) is 30.3 Å². The van der Waals surface area contributed by atoms with E-state index >= 15 is 0 Å². The standard InChI is InChI=1S/C16H25NO2/c18-12-14-19-13-11-17-9-4-7-16(8-10-17)15-5-2-1-3-6-15/h1-3,5-6,16,18H,4,7-14H2. The molecule has 1 N–H and O–H groups in total. The van der Waals surface area contributed by atoms with Crippen LogP contribution in [0, 0.1) is 0 Å². The smallest absolute Gasteiger partial charge is 0.0698 e. The molecule has 0 radical (unpaired) electrons. The van der Waals surface area contributed by atoms with Gasteiger partial charge in [0.05, 0.1) is 19.8 Å². The highest BCUT2D eigenvalue weighted by Gasteiger charge is 2.17. The molecule has 2 rings (SSSR count). The van der Waals surface area contributed by atoms with Gasteiger partial charge in [-0.1, -0.05) is 30.3 Å².